The van der Waals surface area contributed by atoms with Crippen LogP contribution in [0.2, 0.25) is 0 Å². The van der Waals surface area contributed by atoms with E-state index in [1.165, 1.54) is 6.07 Å². The van der Waals surface area contributed by atoms with Crippen molar-refractivity contribution < 1.29 is 19.8 Å². The predicted molar refractivity (Wildman–Crippen MR) is 64.3 cm³/mol. The summed E-state index contributed by atoms with van der Waals surface area (Å²) in [5.41, 5.74) is 1.49. The van der Waals surface area contributed by atoms with Gasteiger partial charge in [0.05, 0.1) is 6.42 Å². The van der Waals surface area contributed by atoms with Crippen molar-refractivity contribution in [2.75, 3.05) is 6.54 Å². The quantitative estimate of drug-likeness (QED) is 0.636. The normalized spacial score (nSPS) is 10.4. The molecule has 0 saturated heterocycles. The molecule has 18 heavy (non-hydrogen) atoms. The van der Waals surface area contributed by atoms with Gasteiger partial charge in [0.1, 0.15) is 12.3 Å². The van der Waals surface area contributed by atoms with E-state index < -0.39 is 5.97 Å². The number of rotatable bonds is 4. The number of aromatic amines is 1. The van der Waals surface area contributed by atoms with Gasteiger partial charge in [-0.1, -0.05) is 0 Å². The fourth-order valence-corrected chi connectivity index (χ4v) is 1.73. The zero-order chi connectivity index (χ0) is 13.1. The van der Waals surface area contributed by atoms with Gasteiger partial charge in [-0.2, -0.15) is 0 Å². The molecule has 1 heterocycles. The van der Waals surface area contributed by atoms with Crippen LogP contribution < -0.4 is 5.32 Å². The number of carbonyl (C=O) groups is 2. The van der Waals surface area contributed by atoms with Gasteiger partial charge in [-0.3, -0.25) is 9.59 Å². The van der Waals surface area contributed by atoms with Crippen LogP contribution in [0.15, 0.2) is 24.4 Å². The second-order valence-electron chi connectivity index (χ2n) is 3.89. The van der Waals surface area contributed by atoms with Gasteiger partial charge in [-0.25, -0.2) is 0 Å². The minimum Gasteiger partial charge on any atom is -0.508 e. The second-order valence-corrected chi connectivity index (χ2v) is 3.89. The van der Waals surface area contributed by atoms with E-state index >= 15 is 0 Å². The highest BCUT2D eigenvalue weighted by molar-refractivity contribution is 5.90. The Morgan fingerprint density at radius 3 is 2.83 bits per heavy atom. The number of carbonyl (C=O) groups excluding carboxylic acids is 1. The van der Waals surface area contributed by atoms with Crippen molar-refractivity contribution in [3.05, 3.63) is 30.0 Å². The van der Waals surface area contributed by atoms with Crippen LogP contribution in [0.25, 0.3) is 10.9 Å². The summed E-state index contributed by atoms with van der Waals surface area (Å²) in [5, 5.41) is 20.9. The zero-order valence-electron chi connectivity index (χ0n) is 9.43. The largest absolute Gasteiger partial charge is 0.508 e. The van der Waals surface area contributed by atoms with Crippen LogP contribution in [0.4, 0.5) is 0 Å². The van der Waals surface area contributed by atoms with Crippen molar-refractivity contribution in [3.8, 4) is 5.75 Å². The molecule has 0 atom stereocenters. The Labute approximate surface area is 102 Å². The van der Waals surface area contributed by atoms with E-state index in [-0.39, 0.29) is 24.6 Å². The number of aromatic nitrogens is 1. The molecule has 0 saturated carbocycles. The summed E-state index contributed by atoms with van der Waals surface area (Å²) >= 11 is 0. The van der Waals surface area contributed by atoms with E-state index in [9.17, 15) is 14.7 Å². The first-order valence-electron chi connectivity index (χ1n) is 5.34. The van der Waals surface area contributed by atoms with Gasteiger partial charge in [0.15, 0.2) is 0 Å². The molecule has 0 aliphatic carbocycles. The summed E-state index contributed by atoms with van der Waals surface area (Å²) in [7, 11) is 0. The molecule has 0 bridgehead atoms. The van der Waals surface area contributed by atoms with Gasteiger partial charge in [0.2, 0.25) is 5.91 Å². The maximum atomic E-state index is 11.5. The number of benzene rings is 1. The minimum atomic E-state index is -1.08. The maximum absolute atomic E-state index is 11.5. The van der Waals surface area contributed by atoms with Gasteiger partial charge in [-0.05, 0) is 17.7 Å². The molecule has 94 valence electrons. The average molecular weight is 248 g/mol. The lowest BCUT2D eigenvalue weighted by Gasteiger charge is -2.01. The van der Waals surface area contributed by atoms with Crippen molar-refractivity contribution in [1.82, 2.24) is 10.3 Å². The Bertz CT molecular complexity index is 603. The molecule has 0 fully saturated rings. The molecule has 0 spiro atoms. The minimum absolute atomic E-state index is 0.0953. The number of carboxylic acid groups (broad SMARTS) is 1. The van der Waals surface area contributed by atoms with Gasteiger partial charge >= 0.3 is 5.97 Å². The van der Waals surface area contributed by atoms with Crippen LogP contribution in [0.1, 0.15) is 5.56 Å². The highest BCUT2D eigenvalue weighted by atomic mass is 16.4. The van der Waals surface area contributed by atoms with E-state index in [1.807, 2.05) is 0 Å². The highest BCUT2D eigenvalue weighted by Crippen LogP contribution is 2.22. The molecule has 0 aliphatic heterocycles. The number of amides is 1. The number of carboxylic acids is 1. The molecule has 0 radical (unpaired) electrons. The molecule has 0 unspecified atom stereocenters. The molecule has 1 amide bonds. The summed E-state index contributed by atoms with van der Waals surface area (Å²) in [6, 6.07) is 4.81. The molecular weight excluding hydrogens is 236 g/mol. The SMILES string of the molecule is O=C(O)CNC(=O)Cc1c[nH]c2cc(O)ccc12. The van der Waals surface area contributed by atoms with Crippen molar-refractivity contribution in [3.63, 3.8) is 0 Å². The standard InChI is InChI=1S/C12H12N2O4/c15-8-1-2-9-7(5-13-10(9)4-8)3-11(16)14-6-12(17)18/h1-2,4-5,13,15H,3,6H2,(H,14,16)(H,17,18). The van der Waals surface area contributed by atoms with Crippen LogP contribution in [0, 0.1) is 0 Å². The number of aliphatic carboxylic acids is 1. The summed E-state index contributed by atoms with van der Waals surface area (Å²) < 4.78 is 0. The number of H-pyrrole nitrogens is 1. The third-order valence-corrected chi connectivity index (χ3v) is 2.54. The van der Waals surface area contributed by atoms with Crippen molar-refractivity contribution in [2.45, 2.75) is 6.42 Å². The van der Waals surface area contributed by atoms with Crippen LogP contribution in [-0.2, 0) is 16.0 Å². The van der Waals surface area contributed by atoms with Gasteiger partial charge < -0.3 is 20.5 Å². The second kappa shape index (κ2) is 4.79. The lowest BCUT2D eigenvalue weighted by Crippen LogP contribution is -2.30. The maximum Gasteiger partial charge on any atom is 0.322 e. The molecular formula is C12H12N2O4. The average Bonchev–Trinajstić information content (AvgIpc) is 2.69. The molecule has 1 aromatic heterocycles. The molecule has 1 aromatic carbocycles. The van der Waals surface area contributed by atoms with E-state index in [0.717, 1.165) is 16.5 Å². The molecule has 0 aliphatic rings. The highest BCUT2D eigenvalue weighted by Gasteiger charge is 2.09. The van der Waals surface area contributed by atoms with Gasteiger partial charge in [0, 0.05) is 23.2 Å². The first-order chi connectivity index (χ1) is 8.56. The zero-order valence-corrected chi connectivity index (χ0v) is 9.43. The smallest absolute Gasteiger partial charge is 0.322 e. The molecule has 6 nitrogen and oxygen atoms in total. The Balaban J connectivity index is 2.12. The number of hydrogen-bond donors (Lipinski definition) is 4. The van der Waals surface area contributed by atoms with Gasteiger partial charge in [0.25, 0.3) is 0 Å². The van der Waals surface area contributed by atoms with E-state index in [2.05, 4.69) is 10.3 Å². The lowest BCUT2D eigenvalue weighted by atomic mass is 10.1. The number of aromatic hydroxyl groups is 1. The van der Waals surface area contributed by atoms with E-state index in [4.69, 9.17) is 5.11 Å². The van der Waals surface area contributed by atoms with Gasteiger partial charge in [-0.15, -0.1) is 0 Å². The number of phenolic OH excluding ortho intramolecular Hbond substituents is 1. The first kappa shape index (κ1) is 12.0. The van der Waals surface area contributed by atoms with E-state index in [1.54, 1.807) is 18.3 Å². The van der Waals surface area contributed by atoms with Crippen LogP contribution in [0.5, 0.6) is 5.75 Å². The third-order valence-electron chi connectivity index (χ3n) is 2.54. The molecule has 2 rings (SSSR count). The first-order valence-corrected chi connectivity index (χ1v) is 5.34. The predicted octanol–water partition coefficient (Wildman–Crippen LogP) is 0.617. The summed E-state index contributed by atoms with van der Waals surface area (Å²) in [6.45, 7) is -0.387. The summed E-state index contributed by atoms with van der Waals surface area (Å²) in [4.78, 5) is 24.7. The molecule has 2 aromatic rings. The van der Waals surface area contributed by atoms with Crippen molar-refractivity contribution in [2.24, 2.45) is 0 Å². The summed E-state index contributed by atoms with van der Waals surface area (Å²) in [5.74, 6) is -1.29. The molecule has 6 heteroatoms. The number of fused-ring (bicyclic) bond motifs is 1. The Morgan fingerprint density at radius 2 is 2.11 bits per heavy atom. The Morgan fingerprint density at radius 1 is 1.33 bits per heavy atom. The van der Waals surface area contributed by atoms with Crippen LogP contribution in [0.3, 0.4) is 0 Å². The van der Waals surface area contributed by atoms with E-state index in [0.29, 0.717) is 0 Å². The monoisotopic (exact) mass is 248 g/mol. The van der Waals surface area contributed by atoms with Crippen LogP contribution in [-0.4, -0.2) is 33.6 Å². The lowest BCUT2D eigenvalue weighted by molar-refractivity contribution is -0.137. The summed E-state index contributed by atoms with van der Waals surface area (Å²) in [6.07, 6.45) is 1.77. The van der Waals surface area contributed by atoms with Crippen LogP contribution >= 0.6 is 0 Å². The fraction of sp³-hybridized carbons (Fsp3) is 0.167. The Kier molecular flexibility index (Phi) is 3.18. The third kappa shape index (κ3) is 2.60. The molecule has 4 N–H and O–H groups in total. The fourth-order valence-electron chi connectivity index (χ4n) is 1.73. The van der Waals surface area contributed by atoms with Crippen molar-refractivity contribution >= 4 is 22.8 Å². The number of phenols is 1. The number of nitrogens with one attached hydrogen (secondary N) is 2. The number of hydrogen-bond acceptors (Lipinski definition) is 3. The Hall–Kier alpha value is -2.50. The van der Waals surface area contributed by atoms with Crippen molar-refractivity contribution in [1.29, 1.82) is 0 Å². The topological polar surface area (TPSA) is 102 Å².